The van der Waals surface area contributed by atoms with Crippen LogP contribution in [0.3, 0.4) is 0 Å². The van der Waals surface area contributed by atoms with Crippen LogP contribution in [0.15, 0.2) is 30.5 Å². The second-order valence-electron chi connectivity index (χ2n) is 6.23. The van der Waals surface area contributed by atoms with Gasteiger partial charge in [-0.25, -0.2) is 0 Å². The van der Waals surface area contributed by atoms with E-state index in [9.17, 15) is 4.79 Å². The number of hydrogen-bond acceptors (Lipinski definition) is 4. The molecule has 0 N–H and O–H groups in total. The maximum Gasteiger partial charge on any atom is 0.229 e. The second-order valence-corrected chi connectivity index (χ2v) is 6.67. The molecule has 2 aromatic rings. The lowest BCUT2D eigenvalue weighted by molar-refractivity contribution is -0.133. The largest absolute Gasteiger partial charge is 0.378 e. The number of aromatic nitrogens is 1. The van der Waals surface area contributed by atoms with Crippen molar-refractivity contribution in [2.45, 2.75) is 6.04 Å². The number of fused-ring (bicyclic) bond motifs is 4. The minimum absolute atomic E-state index is 0.0746. The van der Waals surface area contributed by atoms with E-state index in [0.29, 0.717) is 24.8 Å². The Labute approximate surface area is 139 Å². The van der Waals surface area contributed by atoms with E-state index in [4.69, 9.17) is 16.3 Å². The van der Waals surface area contributed by atoms with Crippen molar-refractivity contribution in [3.05, 3.63) is 35.5 Å². The van der Waals surface area contributed by atoms with Crippen molar-refractivity contribution in [3.8, 4) is 0 Å². The Hall–Kier alpha value is -1.85. The first-order valence-electron chi connectivity index (χ1n) is 7.77. The molecule has 0 saturated carbocycles. The molecule has 2 fully saturated rings. The number of benzene rings is 1. The molecular formula is C17H18ClN3O2. The summed E-state index contributed by atoms with van der Waals surface area (Å²) in [5.41, 5.74) is 1.98. The highest BCUT2D eigenvalue weighted by molar-refractivity contribution is 6.31. The monoisotopic (exact) mass is 331 g/mol. The third-order valence-corrected chi connectivity index (χ3v) is 5.00. The SMILES string of the molecule is CN1C(=O)[C@H]2COC[C@@H]1CN(c1ccnc3cc(Cl)ccc13)C2. The highest BCUT2D eigenvalue weighted by Gasteiger charge is 2.37. The molecule has 5 nitrogen and oxygen atoms in total. The summed E-state index contributed by atoms with van der Waals surface area (Å²) in [6, 6.07) is 7.85. The Morgan fingerprint density at radius 2 is 2.13 bits per heavy atom. The van der Waals surface area contributed by atoms with E-state index < -0.39 is 0 Å². The third-order valence-electron chi connectivity index (χ3n) is 4.77. The molecule has 1 amide bonds. The number of carbonyl (C=O) groups excluding carboxylic acids is 1. The number of nitrogens with zero attached hydrogens (tertiary/aromatic N) is 3. The highest BCUT2D eigenvalue weighted by atomic mass is 35.5. The van der Waals surface area contributed by atoms with Gasteiger partial charge in [-0.15, -0.1) is 0 Å². The molecule has 0 radical (unpaired) electrons. The average Bonchev–Trinajstić information content (AvgIpc) is 2.72. The standard InChI is InChI=1S/C17H18ClN3O2/c1-20-13-8-21(7-11(17(20)22)9-23-10-13)16-4-5-19-15-6-12(18)2-3-14(15)16/h2-6,11,13H,7-10H2,1H3/t11-,13+/m1/s1. The molecular weight excluding hydrogens is 314 g/mol. The Bertz CT molecular complexity index is 767. The molecule has 2 saturated heterocycles. The molecule has 0 unspecified atom stereocenters. The zero-order valence-electron chi connectivity index (χ0n) is 12.9. The van der Waals surface area contributed by atoms with Gasteiger partial charge in [0, 0.05) is 42.4 Å². The normalized spacial score (nSPS) is 24.9. The first-order chi connectivity index (χ1) is 11.1. The average molecular weight is 332 g/mol. The van der Waals surface area contributed by atoms with Crippen LogP contribution in [0.1, 0.15) is 0 Å². The summed E-state index contributed by atoms with van der Waals surface area (Å²) in [6.07, 6.45) is 1.80. The quantitative estimate of drug-likeness (QED) is 0.803. The fourth-order valence-corrected chi connectivity index (χ4v) is 3.64. The fourth-order valence-electron chi connectivity index (χ4n) is 3.48. The molecule has 3 heterocycles. The molecule has 1 aromatic heterocycles. The number of hydrogen-bond donors (Lipinski definition) is 0. The molecule has 0 aliphatic carbocycles. The topological polar surface area (TPSA) is 45.7 Å². The van der Waals surface area contributed by atoms with Crippen molar-refractivity contribution < 1.29 is 9.53 Å². The van der Waals surface area contributed by atoms with Crippen LogP contribution in [0.25, 0.3) is 10.9 Å². The van der Waals surface area contributed by atoms with Gasteiger partial charge in [0.2, 0.25) is 5.91 Å². The zero-order valence-corrected chi connectivity index (χ0v) is 13.7. The van der Waals surface area contributed by atoms with Gasteiger partial charge in [-0.3, -0.25) is 9.78 Å². The van der Waals surface area contributed by atoms with Crippen LogP contribution >= 0.6 is 11.6 Å². The minimum atomic E-state index is -0.122. The number of anilines is 1. The van der Waals surface area contributed by atoms with Crippen LogP contribution in [-0.2, 0) is 9.53 Å². The molecule has 2 aliphatic rings. The van der Waals surface area contributed by atoms with Crippen LogP contribution in [0.2, 0.25) is 5.02 Å². The minimum Gasteiger partial charge on any atom is -0.378 e. The van der Waals surface area contributed by atoms with Crippen molar-refractivity contribution in [3.63, 3.8) is 0 Å². The summed E-state index contributed by atoms with van der Waals surface area (Å²) in [7, 11) is 1.88. The summed E-state index contributed by atoms with van der Waals surface area (Å²) in [4.78, 5) is 21.0. The van der Waals surface area contributed by atoms with Crippen molar-refractivity contribution in [1.82, 2.24) is 9.88 Å². The van der Waals surface area contributed by atoms with Crippen LogP contribution < -0.4 is 4.90 Å². The third kappa shape index (κ3) is 2.54. The number of likely N-dealkylation sites (N-methyl/N-ethyl adjacent to an activating group) is 1. The number of ether oxygens (including phenoxy) is 1. The Balaban J connectivity index is 1.78. The lowest BCUT2D eigenvalue weighted by Gasteiger charge is -2.31. The van der Waals surface area contributed by atoms with Crippen molar-refractivity contribution in [2.75, 3.05) is 38.3 Å². The molecule has 2 aliphatic heterocycles. The van der Waals surface area contributed by atoms with Crippen LogP contribution in [-0.4, -0.2) is 55.2 Å². The van der Waals surface area contributed by atoms with Crippen LogP contribution in [0, 0.1) is 5.92 Å². The molecule has 120 valence electrons. The molecule has 0 spiro atoms. The maximum atomic E-state index is 12.5. The van der Waals surface area contributed by atoms with Gasteiger partial charge < -0.3 is 14.5 Å². The smallest absolute Gasteiger partial charge is 0.229 e. The summed E-state index contributed by atoms with van der Waals surface area (Å²) < 4.78 is 5.67. The van der Waals surface area contributed by atoms with Gasteiger partial charge in [-0.05, 0) is 24.3 Å². The fraction of sp³-hybridized carbons (Fsp3) is 0.412. The molecule has 2 atom stereocenters. The van der Waals surface area contributed by atoms with Gasteiger partial charge in [0.1, 0.15) is 0 Å². The number of rotatable bonds is 1. The molecule has 1 aromatic carbocycles. The molecule has 2 bridgehead atoms. The first-order valence-corrected chi connectivity index (χ1v) is 8.15. The highest BCUT2D eigenvalue weighted by Crippen LogP contribution is 2.31. The van der Waals surface area contributed by atoms with Crippen LogP contribution in [0.5, 0.6) is 0 Å². The Morgan fingerprint density at radius 3 is 3.00 bits per heavy atom. The van der Waals surface area contributed by atoms with E-state index in [1.807, 2.05) is 36.2 Å². The van der Waals surface area contributed by atoms with Gasteiger partial charge in [0.25, 0.3) is 0 Å². The van der Waals surface area contributed by atoms with E-state index in [-0.39, 0.29) is 17.9 Å². The molecule has 4 rings (SSSR count). The summed E-state index contributed by atoms with van der Waals surface area (Å²) in [6.45, 7) is 2.51. The lowest BCUT2D eigenvalue weighted by atomic mass is 10.1. The van der Waals surface area contributed by atoms with Crippen molar-refractivity contribution in [2.24, 2.45) is 5.92 Å². The molecule has 6 heteroatoms. The summed E-state index contributed by atoms with van der Waals surface area (Å²) in [5, 5.41) is 1.74. The zero-order chi connectivity index (χ0) is 16.0. The van der Waals surface area contributed by atoms with Gasteiger partial charge in [-0.1, -0.05) is 11.6 Å². The van der Waals surface area contributed by atoms with Gasteiger partial charge in [-0.2, -0.15) is 0 Å². The molecule has 23 heavy (non-hydrogen) atoms. The number of halogens is 1. The second kappa shape index (κ2) is 5.65. The lowest BCUT2D eigenvalue weighted by Crippen LogP contribution is -2.43. The summed E-state index contributed by atoms with van der Waals surface area (Å²) in [5.74, 6) is 0.0550. The Morgan fingerprint density at radius 1 is 1.26 bits per heavy atom. The van der Waals surface area contributed by atoms with Gasteiger partial charge >= 0.3 is 0 Å². The number of carbonyl (C=O) groups is 1. The predicted molar refractivity (Wildman–Crippen MR) is 89.8 cm³/mol. The van der Waals surface area contributed by atoms with E-state index in [1.54, 1.807) is 6.20 Å². The van der Waals surface area contributed by atoms with E-state index >= 15 is 0 Å². The van der Waals surface area contributed by atoms with Crippen molar-refractivity contribution >= 4 is 34.1 Å². The predicted octanol–water partition coefficient (Wildman–Crippen LogP) is 2.18. The van der Waals surface area contributed by atoms with Gasteiger partial charge in [0.15, 0.2) is 0 Å². The number of pyridine rings is 1. The first kappa shape index (κ1) is 14.7. The van der Waals surface area contributed by atoms with Gasteiger partial charge in [0.05, 0.1) is 30.7 Å². The Kier molecular flexibility index (Phi) is 3.62. The van der Waals surface area contributed by atoms with Crippen LogP contribution in [0.4, 0.5) is 5.69 Å². The maximum absolute atomic E-state index is 12.5. The summed E-state index contributed by atoms with van der Waals surface area (Å²) >= 11 is 6.08. The van der Waals surface area contributed by atoms with Crippen molar-refractivity contribution in [1.29, 1.82) is 0 Å². The number of amides is 1. The van der Waals surface area contributed by atoms with E-state index in [0.717, 1.165) is 23.1 Å². The van der Waals surface area contributed by atoms with E-state index in [1.165, 1.54) is 0 Å². The van der Waals surface area contributed by atoms with E-state index in [2.05, 4.69) is 9.88 Å².